The summed E-state index contributed by atoms with van der Waals surface area (Å²) in [5.74, 6) is 1.37. The SMILES string of the molecule is COc1cc(N2CCC(F)(CNC(=O)C3CC3)CC2)ncn1. The molecule has 0 unspecified atom stereocenters. The van der Waals surface area contributed by atoms with Crippen LogP contribution in [0.5, 0.6) is 5.88 Å². The summed E-state index contributed by atoms with van der Waals surface area (Å²) in [4.78, 5) is 21.8. The van der Waals surface area contributed by atoms with Gasteiger partial charge in [0.05, 0.1) is 13.7 Å². The van der Waals surface area contributed by atoms with Crippen LogP contribution in [0, 0.1) is 5.92 Å². The van der Waals surface area contributed by atoms with Crippen molar-refractivity contribution in [1.82, 2.24) is 15.3 Å². The maximum absolute atomic E-state index is 14.8. The molecule has 0 atom stereocenters. The summed E-state index contributed by atoms with van der Waals surface area (Å²) in [6, 6.07) is 1.75. The monoisotopic (exact) mass is 308 g/mol. The van der Waals surface area contributed by atoms with E-state index in [0.717, 1.165) is 18.7 Å². The number of halogens is 1. The van der Waals surface area contributed by atoms with Crippen LogP contribution in [0.3, 0.4) is 0 Å². The standard InChI is InChI=1S/C15H21FN4O2/c1-22-13-8-12(18-10-19-13)20-6-4-15(16,5-7-20)9-17-14(21)11-2-3-11/h8,10-11H,2-7,9H2,1H3,(H,17,21). The number of piperidine rings is 1. The summed E-state index contributed by atoms with van der Waals surface area (Å²) in [6.07, 6.45) is 4.08. The Morgan fingerprint density at radius 3 is 2.82 bits per heavy atom. The topological polar surface area (TPSA) is 67.3 Å². The minimum atomic E-state index is -1.32. The molecule has 2 heterocycles. The largest absolute Gasteiger partial charge is 0.481 e. The first-order valence-corrected chi connectivity index (χ1v) is 7.67. The van der Waals surface area contributed by atoms with E-state index in [1.165, 1.54) is 6.33 Å². The lowest BCUT2D eigenvalue weighted by atomic mass is 9.93. The van der Waals surface area contributed by atoms with Gasteiger partial charge in [-0.25, -0.2) is 14.4 Å². The van der Waals surface area contributed by atoms with Crippen molar-refractivity contribution in [1.29, 1.82) is 0 Å². The lowest BCUT2D eigenvalue weighted by Crippen LogP contribution is -2.48. The van der Waals surface area contributed by atoms with Crippen LogP contribution in [0.1, 0.15) is 25.7 Å². The van der Waals surface area contributed by atoms with Crippen molar-refractivity contribution in [3.8, 4) is 5.88 Å². The van der Waals surface area contributed by atoms with Gasteiger partial charge in [0.25, 0.3) is 0 Å². The van der Waals surface area contributed by atoms with E-state index in [4.69, 9.17) is 4.74 Å². The zero-order valence-corrected chi connectivity index (χ0v) is 12.7. The van der Waals surface area contributed by atoms with Crippen molar-refractivity contribution in [2.75, 3.05) is 31.6 Å². The molecule has 0 spiro atoms. The molecule has 3 rings (SSSR count). The highest BCUT2D eigenvalue weighted by atomic mass is 19.1. The number of carbonyl (C=O) groups excluding carboxylic acids is 1. The van der Waals surface area contributed by atoms with Gasteiger partial charge in [0.2, 0.25) is 11.8 Å². The van der Waals surface area contributed by atoms with E-state index in [0.29, 0.717) is 31.8 Å². The molecule has 1 aromatic rings. The highest BCUT2D eigenvalue weighted by Gasteiger charge is 2.37. The average Bonchev–Trinajstić information content (AvgIpc) is 3.38. The third kappa shape index (κ3) is 3.45. The number of rotatable bonds is 5. The van der Waals surface area contributed by atoms with Crippen LogP contribution in [-0.4, -0.2) is 48.3 Å². The van der Waals surface area contributed by atoms with E-state index in [1.807, 2.05) is 4.90 Å². The first kappa shape index (κ1) is 15.0. The van der Waals surface area contributed by atoms with Crippen LogP contribution in [0.2, 0.25) is 0 Å². The highest BCUT2D eigenvalue weighted by molar-refractivity contribution is 5.80. The average molecular weight is 308 g/mol. The number of hydrogen-bond donors (Lipinski definition) is 1. The van der Waals surface area contributed by atoms with Gasteiger partial charge in [0.15, 0.2) is 0 Å². The third-order valence-electron chi connectivity index (χ3n) is 4.35. The Kier molecular flexibility index (Phi) is 4.13. The maximum atomic E-state index is 14.8. The second-order valence-corrected chi connectivity index (χ2v) is 6.05. The number of amides is 1. The Hall–Kier alpha value is -1.92. The number of methoxy groups -OCH3 is 1. The molecule has 2 aliphatic rings. The fraction of sp³-hybridized carbons (Fsp3) is 0.667. The summed E-state index contributed by atoms with van der Waals surface area (Å²) in [5, 5.41) is 2.75. The second-order valence-electron chi connectivity index (χ2n) is 6.05. The minimum absolute atomic E-state index is 0.00000799. The molecule has 120 valence electrons. The van der Waals surface area contributed by atoms with Gasteiger partial charge in [-0.15, -0.1) is 0 Å². The lowest BCUT2D eigenvalue weighted by molar-refractivity contribution is -0.123. The van der Waals surface area contributed by atoms with Crippen molar-refractivity contribution in [3.63, 3.8) is 0 Å². The van der Waals surface area contributed by atoms with Crippen LogP contribution in [0.15, 0.2) is 12.4 Å². The number of aromatic nitrogens is 2. The number of nitrogens with one attached hydrogen (secondary N) is 1. The molecular formula is C15H21FN4O2. The van der Waals surface area contributed by atoms with Gasteiger partial charge >= 0.3 is 0 Å². The van der Waals surface area contributed by atoms with E-state index in [2.05, 4.69) is 15.3 Å². The van der Waals surface area contributed by atoms with Crippen LogP contribution < -0.4 is 15.0 Å². The second kappa shape index (κ2) is 6.06. The molecule has 22 heavy (non-hydrogen) atoms. The Morgan fingerprint density at radius 2 is 2.18 bits per heavy atom. The van der Waals surface area contributed by atoms with Gasteiger partial charge in [-0.1, -0.05) is 0 Å². The summed E-state index contributed by atoms with van der Waals surface area (Å²) in [7, 11) is 1.55. The van der Waals surface area contributed by atoms with Gasteiger partial charge in [-0.05, 0) is 12.8 Å². The van der Waals surface area contributed by atoms with E-state index in [9.17, 15) is 9.18 Å². The minimum Gasteiger partial charge on any atom is -0.481 e. The van der Waals surface area contributed by atoms with Crippen molar-refractivity contribution >= 4 is 11.7 Å². The fourth-order valence-corrected chi connectivity index (χ4v) is 2.66. The molecular weight excluding hydrogens is 287 g/mol. The summed E-state index contributed by atoms with van der Waals surface area (Å²) in [5.41, 5.74) is -1.32. The Labute approximate surface area is 129 Å². The molecule has 1 aliphatic carbocycles. The van der Waals surface area contributed by atoms with Crippen molar-refractivity contribution in [2.24, 2.45) is 5.92 Å². The van der Waals surface area contributed by atoms with Gasteiger partial charge in [-0.3, -0.25) is 4.79 Å². The summed E-state index contributed by atoms with van der Waals surface area (Å²) < 4.78 is 19.8. The smallest absolute Gasteiger partial charge is 0.223 e. The van der Waals surface area contributed by atoms with E-state index < -0.39 is 5.67 Å². The highest BCUT2D eigenvalue weighted by Crippen LogP contribution is 2.31. The van der Waals surface area contributed by atoms with Crippen LogP contribution in [0.25, 0.3) is 0 Å². The molecule has 0 radical (unpaired) electrons. The van der Waals surface area contributed by atoms with E-state index >= 15 is 0 Å². The lowest BCUT2D eigenvalue weighted by Gasteiger charge is -2.37. The van der Waals surface area contributed by atoms with Gasteiger partial charge < -0.3 is 15.0 Å². The molecule has 1 saturated carbocycles. The third-order valence-corrected chi connectivity index (χ3v) is 4.35. The zero-order valence-electron chi connectivity index (χ0n) is 12.7. The zero-order chi connectivity index (χ0) is 15.6. The fourth-order valence-electron chi connectivity index (χ4n) is 2.66. The first-order chi connectivity index (χ1) is 10.6. The normalized spacial score (nSPS) is 20.5. The first-order valence-electron chi connectivity index (χ1n) is 7.67. The number of alkyl halides is 1. The van der Waals surface area contributed by atoms with Gasteiger partial charge in [0.1, 0.15) is 17.8 Å². The number of nitrogens with zero attached hydrogens (tertiary/aromatic N) is 3. The molecule has 0 aromatic carbocycles. The molecule has 1 N–H and O–H groups in total. The van der Waals surface area contributed by atoms with Gasteiger partial charge in [0, 0.05) is 37.9 Å². The van der Waals surface area contributed by atoms with Crippen LogP contribution in [-0.2, 0) is 4.79 Å². The van der Waals surface area contributed by atoms with Crippen LogP contribution >= 0.6 is 0 Å². The van der Waals surface area contributed by atoms with E-state index in [-0.39, 0.29) is 18.4 Å². The summed E-state index contributed by atoms with van der Waals surface area (Å²) in [6.45, 7) is 1.25. The number of carbonyl (C=O) groups is 1. The molecule has 1 amide bonds. The predicted molar refractivity (Wildman–Crippen MR) is 79.6 cm³/mol. The molecule has 1 aromatic heterocycles. The van der Waals surface area contributed by atoms with Gasteiger partial charge in [-0.2, -0.15) is 0 Å². The molecule has 1 saturated heterocycles. The quantitative estimate of drug-likeness (QED) is 0.888. The summed E-state index contributed by atoms with van der Waals surface area (Å²) >= 11 is 0. The van der Waals surface area contributed by atoms with Crippen LogP contribution in [0.4, 0.5) is 10.2 Å². The number of hydrogen-bond acceptors (Lipinski definition) is 5. The molecule has 1 aliphatic heterocycles. The van der Waals surface area contributed by atoms with Crippen molar-refractivity contribution in [2.45, 2.75) is 31.4 Å². The molecule has 2 fully saturated rings. The Bertz CT molecular complexity index is 542. The molecule has 0 bridgehead atoms. The Balaban J connectivity index is 1.53. The van der Waals surface area contributed by atoms with Crippen molar-refractivity contribution in [3.05, 3.63) is 12.4 Å². The number of ether oxygens (including phenoxy) is 1. The molecule has 7 heteroatoms. The Morgan fingerprint density at radius 1 is 1.45 bits per heavy atom. The van der Waals surface area contributed by atoms with E-state index in [1.54, 1.807) is 13.2 Å². The molecule has 6 nitrogen and oxygen atoms in total. The maximum Gasteiger partial charge on any atom is 0.223 e. The number of anilines is 1. The van der Waals surface area contributed by atoms with Crippen molar-refractivity contribution < 1.29 is 13.9 Å². The predicted octanol–water partition coefficient (Wildman–Crippen LogP) is 1.32.